The third-order valence-corrected chi connectivity index (χ3v) is 7.50. The fourth-order valence-corrected chi connectivity index (χ4v) is 6.07. The van der Waals surface area contributed by atoms with E-state index in [4.69, 9.17) is 4.74 Å². The third-order valence-electron chi connectivity index (χ3n) is 4.48. The molecule has 0 aliphatic carbocycles. The minimum atomic E-state index is -3.05. The summed E-state index contributed by atoms with van der Waals surface area (Å²) >= 11 is 1.47. The molecule has 2 heterocycles. The van der Waals surface area contributed by atoms with E-state index in [1.165, 1.54) is 11.3 Å². The quantitative estimate of drug-likeness (QED) is 0.814. The van der Waals surface area contributed by atoms with Gasteiger partial charge in [0.25, 0.3) is 5.91 Å². The molecule has 1 unspecified atom stereocenters. The summed E-state index contributed by atoms with van der Waals surface area (Å²) in [4.78, 5) is 15.5. The molecule has 7 heteroatoms. The summed E-state index contributed by atoms with van der Waals surface area (Å²) in [5.74, 6) is 0.111. The molecule has 130 valence electrons. The number of rotatable bonds is 5. The van der Waals surface area contributed by atoms with Gasteiger partial charge in [-0.15, -0.1) is 11.3 Å². The van der Waals surface area contributed by atoms with Gasteiger partial charge < -0.3 is 9.64 Å². The number of amides is 1. The van der Waals surface area contributed by atoms with Crippen LogP contribution in [0.25, 0.3) is 10.1 Å². The lowest BCUT2D eigenvalue weighted by Crippen LogP contribution is -2.43. The van der Waals surface area contributed by atoms with E-state index in [9.17, 15) is 13.2 Å². The normalized spacial score (nSPS) is 19.7. The van der Waals surface area contributed by atoms with Gasteiger partial charge in [-0.1, -0.05) is 18.2 Å². The molecular weight excluding hydrogens is 346 g/mol. The van der Waals surface area contributed by atoms with E-state index < -0.39 is 9.84 Å². The molecule has 5 nitrogen and oxygen atoms in total. The Hall–Kier alpha value is -1.44. The fourth-order valence-electron chi connectivity index (χ4n) is 3.17. The Morgan fingerprint density at radius 2 is 2.12 bits per heavy atom. The Morgan fingerprint density at radius 1 is 1.38 bits per heavy atom. The number of nitrogens with zero attached hydrogens (tertiary/aromatic N) is 1. The average Bonchev–Trinajstić information content (AvgIpc) is 3.08. The molecule has 0 radical (unpaired) electrons. The molecule has 0 spiro atoms. The van der Waals surface area contributed by atoms with E-state index in [1.54, 1.807) is 12.0 Å². The van der Waals surface area contributed by atoms with Gasteiger partial charge >= 0.3 is 0 Å². The third kappa shape index (κ3) is 3.34. The van der Waals surface area contributed by atoms with Gasteiger partial charge in [0.05, 0.1) is 23.0 Å². The maximum absolute atomic E-state index is 13.1. The molecule has 1 aromatic carbocycles. The van der Waals surface area contributed by atoms with E-state index in [1.807, 2.05) is 31.2 Å². The lowest BCUT2D eigenvalue weighted by molar-refractivity contribution is 0.0628. The number of carbonyl (C=O) groups excluding carboxylic acids is 1. The second-order valence-electron chi connectivity index (χ2n) is 6.10. The number of carbonyl (C=O) groups is 1. The van der Waals surface area contributed by atoms with Crippen molar-refractivity contribution in [1.82, 2.24) is 4.90 Å². The Labute approximate surface area is 146 Å². The minimum absolute atomic E-state index is 0.0480. The van der Waals surface area contributed by atoms with Crippen molar-refractivity contribution in [2.24, 2.45) is 0 Å². The van der Waals surface area contributed by atoms with Crippen LogP contribution < -0.4 is 0 Å². The first kappa shape index (κ1) is 17.4. The van der Waals surface area contributed by atoms with Crippen LogP contribution in [0.5, 0.6) is 0 Å². The summed E-state index contributed by atoms with van der Waals surface area (Å²) in [6, 6.07) is 7.67. The Bertz CT molecular complexity index is 857. The summed E-state index contributed by atoms with van der Waals surface area (Å²) in [6.45, 7) is 2.75. The second kappa shape index (κ2) is 6.82. The van der Waals surface area contributed by atoms with Gasteiger partial charge in [0.1, 0.15) is 0 Å². The number of thiophene rings is 1. The Morgan fingerprint density at radius 3 is 2.75 bits per heavy atom. The predicted molar refractivity (Wildman–Crippen MR) is 96.5 cm³/mol. The van der Waals surface area contributed by atoms with Gasteiger partial charge in [0.2, 0.25) is 0 Å². The van der Waals surface area contributed by atoms with Crippen molar-refractivity contribution in [2.75, 3.05) is 31.8 Å². The van der Waals surface area contributed by atoms with Crippen LogP contribution in [0.3, 0.4) is 0 Å². The first-order valence-corrected chi connectivity index (χ1v) is 10.5. The van der Waals surface area contributed by atoms with Crippen LogP contribution in [0.15, 0.2) is 24.3 Å². The number of methoxy groups -OCH3 is 1. The predicted octanol–water partition coefficient (Wildman–Crippen LogP) is 2.49. The molecule has 1 atom stereocenters. The van der Waals surface area contributed by atoms with Gasteiger partial charge in [-0.05, 0) is 30.4 Å². The first-order valence-electron chi connectivity index (χ1n) is 7.91. The van der Waals surface area contributed by atoms with Crippen molar-refractivity contribution < 1.29 is 17.9 Å². The molecule has 2 aromatic rings. The highest BCUT2D eigenvalue weighted by atomic mass is 32.2. The highest BCUT2D eigenvalue weighted by molar-refractivity contribution is 7.91. The maximum atomic E-state index is 13.1. The number of hydrogen-bond donors (Lipinski definition) is 0. The van der Waals surface area contributed by atoms with Crippen LogP contribution in [0.2, 0.25) is 0 Å². The van der Waals surface area contributed by atoms with Crippen molar-refractivity contribution in [1.29, 1.82) is 0 Å². The Kier molecular flexibility index (Phi) is 4.94. The van der Waals surface area contributed by atoms with Crippen molar-refractivity contribution in [2.45, 2.75) is 19.4 Å². The smallest absolute Gasteiger partial charge is 0.264 e. The summed E-state index contributed by atoms with van der Waals surface area (Å²) in [5.41, 5.74) is 0.962. The zero-order valence-corrected chi connectivity index (χ0v) is 15.5. The van der Waals surface area contributed by atoms with Crippen LogP contribution >= 0.6 is 11.3 Å². The zero-order chi connectivity index (χ0) is 17.3. The molecule has 3 rings (SSSR count). The number of benzene rings is 1. The number of fused-ring (bicyclic) bond motifs is 1. The highest BCUT2D eigenvalue weighted by Crippen LogP contribution is 2.32. The van der Waals surface area contributed by atoms with E-state index in [-0.39, 0.29) is 23.5 Å². The minimum Gasteiger partial charge on any atom is -0.383 e. The van der Waals surface area contributed by atoms with Crippen LogP contribution in [0.1, 0.15) is 21.7 Å². The molecule has 1 saturated heterocycles. The largest absolute Gasteiger partial charge is 0.383 e. The van der Waals surface area contributed by atoms with Crippen LogP contribution in [-0.2, 0) is 14.6 Å². The lowest BCUT2D eigenvalue weighted by atomic mass is 10.1. The SMILES string of the molecule is COCCN(C(=O)c1sc2ccccc2c1C)C1CCS(=O)(=O)C1. The van der Waals surface area contributed by atoms with E-state index in [0.717, 1.165) is 15.6 Å². The van der Waals surface area contributed by atoms with Gasteiger partial charge in [0, 0.05) is 24.4 Å². The Balaban J connectivity index is 1.94. The standard InChI is InChI=1S/C17H21NO4S2/c1-12-14-5-3-4-6-15(14)23-16(12)17(19)18(8-9-22-2)13-7-10-24(20,21)11-13/h3-6,13H,7-11H2,1-2H3. The number of ether oxygens (including phenoxy) is 1. The summed E-state index contributed by atoms with van der Waals surface area (Å²) in [5, 5.41) is 1.08. The van der Waals surface area contributed by atoms with E-state index in [0.29, 0.717) is 24.4 Å². The molecule has 1 aliphatic heterocycles. The van der Waals surface area contributed by atoms with Crippen molar-refractivity contribution in [3.8, 4) is 0 Å². The number of sulfone groups is 1. The monoisotopic (exact) mass is 367 g/mol. The van der Waals surface area contributed by atoms with E-state index >= 15 is 0 Å². The number of hydrogen-bond acceptors (Lipinski definition) is 5. The summed E-state index contributed by atoms with van der Waals surface area (Å²) < 4.78 is 29.8. The van der Waals surface area contributed by atoms with E-state index in [2.05, 4.69) is 0 Å². The van der Waals surface area contributed by atoms with Crippen molar-refractivity contribution in [3.63, 3.8) is 0 Å². The molecule has 1 aromatic heterocycles. The van der Waals surface area contributed by atoms with Crippen LogP contribution in [0.4, 0.5) is 0 Å². The van der Waals surface area contributed by atoms with Gasteiger partial charge in [-0.3, -0.25) is 4.79 Å². The molecule has 24 heavy (non-hydrogen) atoms. The topological polar surface area (TPSA) is 63.7 Å². The molecule has 1 fully saturated rings. The molecule has 1 amide bonds. The molecular formula is C17H21NO4S2. The maximum Gasteiger partial charge on any atom is 0.264 e. The fraction of sp³-hybridized carbons (Fsp3) is 0.471. The van der Waals surface area contributed by atoms with Gasteiger partial charge in [-0.25, -0.2) is 8.42 Å². The summed E-state index contributed by atoms with van der Waals surface area (Å²) in [6.07, 6.45) is 0.502. The molecule has 0 N–H and O–H groups in total. The van der Waals surface area contributed by atoms with Crippen molar-refractivity contribution >= 4 is 37.2 Å². The average molecular weight is 367 g/mol. The summed E-state index contributed by atoms with van der Waals surface area (Å²) in [7, 11) is -1.47. The molecule has 0 saturated carbocycles. The van der Waals surface area contributed by atoms with Gasteiger partial charge in [-0.2, -0.15) is 0 Å². The van der Waals surface area contributed by atoms with Gasteiger partial charge in [0.15, 0.2) is 9.84 Å². The zero-order valence-electron chi connectivity index (χ0n) is 13.8. The highest BCUT2D eigenvalue weighted by Gasteiger charge is 2.35. The van der Waals surface area contributed by atoms with Crippen LogP contribution in [-0.4, -0.2) is 57.0 Å². The van der Waals surface area contributed by atoms with Crippen LogP contribution in [0, 0.1) is 6.92 Å². The first-order chi connectivity index (χ1) is 11.4. The number of aryl methyl sites for hydroxylation is 1. The van der Waals surface area contributed by atoms with Crippen molar-refractivity contribution in [3.05, 3.63) is 34.7 Å². The molecule has 0 bridgehead atoms. The molecule has 1 aliphatic rings. The lowest BCUT2D eigenvalue weighted by Gasteiger charge is -2.27. The second-order valence-corrected chi connectivity index (χ2v) is 9.38.